The highest BCUT2D eigenvalue weighted by atomic mass is 19.1. The van der Waals surface area contributed by atoms with E-state index < -0.39 is 11.2 Å². The Morgan fingerprint density at radius 3 is 2.27 bits per heavy atom. The lowest BCUT2D eigenvalue weighted by molar-refractivity contribution is -0.133. The van der Waals surface area contributed by atoms with Crippen LogP contribution in [-0.4, -0.2) is 87.6 Å². The Hall–Kier alpha value is -5.23. The Bertz CT molecular complexity index is 1960. The third-order valence-corrected chi connectivity index (χ3v) is 9.98. The number of hydrogen-bond donors (Lipinski definition) is 2. The monoisotopic (exact) mass is 664 g/mol. The minimum Gasteiger partial charge on any atom is -0.368 e. The van der Waals surface area contributed by atoms with Gasteiger partial charge in [0.2, 0.25) is 11.8 Å². The number of nitrogens with one attached hydrogen (secondary N) is 2. The van der Waals surface area contributed by atoms with Crippen molar-refractivity contribution in [1.82, 2.24) is 30.0 Å². The van der Waals surface area contributed by atoms with Crippen LogP contribution >= 0.6 is 0 Å². The molecule has 0 saturated carbocycles. The van der Waals surface area contributed by atoms with Gasteiger partial charge in [0.1, 0.15) is 5.82 Å². The number of fused-ring (bicyclic) bond motifs is 1. The number of likely N-dealkylation sites (tertiary alicyclic amines) is 1. The van der Waals surface area contributed by atoms with Crippen LogP contribution in [0.25, 0.3) is 33.5 Å². The SMILES string of the molecule is CC(C)C1(C(=O)Nc2ccc3[nH]nc(-c4ccc(F)cc4)c3c2)CCN(CC(=O)N2CCN(c3ccc(-c4ncc(F)cn4)cc3)CC2)C1. The summed E-state index contributed by atoms with van der Waals surface area (Å²) in [7, 11) is 0. The van der Waals surface area contributed by atoms with E-state index in [4.69, 9.17) is 0 Å². The van der Waals surface area contributed by atoms with Crippen LogP contribution in [0, 0.1) is 23.0 Å². The minimum atomic E-state index is -0.644. The lowest BCUT2D eigenvalue weighted by atomic mass is 9.75. The van der Waals surface area contributed by atoms with Crippen molar-refractivity contribution in [2.45, 2.75) is 20.3 Å². The molecule has 5 aromatic rings. The van der Waals surface area contributed by atoms with Gasteiger partial charge >= 0.3 is 0 Å². The van der Waals surface area contributed by atoms with E-state index in [0.717, 1.165) is 40.1 Å². The summed E-state index contributed by atoms with van der Waals surface area (Å²) in [5, 5.41) is 11.4. The Labute approximate surface area is 283 Å². The number of amides is 2. The number of aromatic nitrogens is 4. The van der Waals surface area contributed by atoms with Crippen molar-refractivity contribution >= 4 is 34.1 Å². The fourth-order valence-electron chi connectivity index (χ4n) is 6.93. The molecule has 252 valence electrons. The summed E-state index contributed by atoms with van der Waals surface area (Å²) in [6, 6.07) is 19.6. The van der Waals surface area contributed by atoms with Gasteiger partial charge in [-0.2, -0.15) is 5.10 Å². The van der Waals surface area contributed by atoms with Gasteiger partial charge in [-0.15, -0.1) is 0 Å². The Morgan fingerprint density at radius 1 is 0.878 bits per heavy atom. The Kier molecular flexibility index (Phi) is 8.81. The fourth-order valence-corrected chi connectivity index (χ4v) is 6.93. The van der Waals surface area contributed by atoms with Gasteiger partial charge < -0.3 is 15.1 Å². The second-order valence-electron chi connectivity index (χ2n) is 13.2. The van der Waals surface area contributed by atoms with E-state index >= 15 is 0 Å². The lowest BCUT2D eigenvalue weighted by Gasteiger charge is -2.37. The quantitative estimate of drug-likeness (QED) is 0.222. The maximum Gasteiger partial charge on any atom is 0.236 e. The molecule has 0 aliphatic carbocycles. The molecule has 49 heavy (non-hydrogen) atoms. The number of aromatic amines is 1. The number of piperazine rings is 1. The number of hydrogen-bond acceptors (Lipinski definition) is 7. The van der Waals surface area contributed by atoms with Gasteiger partial charge in [0.25, 0.3) is 0 Å². The number of nitrogens with zero attached hydrogens (tertiary/aromatic N) is 6. The Balaban J connectivity index is 0.952. The van der Waals surface area contributed by atoms with E-state index in [1.54, 1.807) is 12.1 Å². The second-order valence-corrected chi connectivity index (χ2v) is 13.2. The zero-order valence-electron chi connectivity index (χ0n) is 27.5. The van der Waals surface area contributed by atoms with Crippen molar-refractivity contribution in [1.29, 1.82) is 0 Å². The van der Waals surface area contributed by atoms with Crippen molar-refractivity contribution in [2.24, 2.45) is 11.3 Å². The van der Waals surface area contributed by atoms with Crippen LogP contribution < -0.4 is 10.2 Å². The molecule has 2 saturated heterocycles. The number of H-pyrrole nitrogens is 1. The third kappa shape index (κ3) is 6.60. The number of carbonyl (C=O) groups excluding carboxylic acids is 2. The van der Waals surface area contributed by atoms with Crippen molar-refractivity contribution in [3.05, 3.63) is 90.8 Å². The average Bonchev–Trinajstić information content (AvgIpc) is 3.74. The van der Waals surface area contributed by atoms with Crippen LogP contribution in [0.15, 0.2) is 79.1 Å². The first-order chi connectivity index (χ1) is 23.7. The van der Waals surface area contributed by atoms with Crippen molar-refractivity contribution in [2.75, 3.05) is 56.0 Å². The largest absolute Gasteiger partial charge is 0.368 e. The Morgan fingerprint density at radius 2 is 1.57 bits per heavy atom. The summed E-state index contributed by atoms with van der Waals surface area (Å²) >= 11 is 0. The minimum absolute atomic E-state index is 0.0598. The number of rotatable bonds is 8. The van der Waals surface area contributed by atoms with Gasteiger partial charge in [-0.05, 0) is 85.6 Å². The topological polar surface area (TPSA) is 110 Å². The van der Waals surface area contributed by atoms with Crippen LogP contribution in [0.2, 0.25) is 0 Å². The van der Waals surface area contributed by atoms with Gasteiger partial charge in [0.15, 0.2) is 11.6 Å². The molecule has 7 rings (SSSR count). The first-order valence-corrected chi connectivity index (χ1v) is 16.6. The van der Waals surface area contributed by atoms with E-state index in [-0.39, 0.29) is 30.1 Å². The molecule has 0 bridgehead atoms. The van der Waals surface area contributed by atoms with E-state index in [9.17, 15) is 18.4 Å². The molecule has 0 radical (unpaired) electrons. The summed E-state index contributed by atoms with van der Waals surface area (Å²) < 4.78 is 26.7. The highest BCUT2D eigenvalue weighted by molar-refractivity contribution is 6.00. The molecule has 2 amide bonds. The number of anilines is 2. The maximum atomic E-state index is 13.9. The summed E-state index contributed by atoms with van der Waals surface area (Å²) in [6.07, 6.45) is 2.97. The number of benzene rings is 3. The molecule has 3 aromatic carbocycles. The van der Waals surface area contributed by atoms with E-state index in [0.29, 0.717) is 62.9 Å². The number of carbonyl (C=O) groups is 2. The van der Waals surface area contributed by atoms with Crippen LogP contribution in [0.1, 0.15) is 20.3 Å². The molecule has 2 fully saturated rings. The van der Waals surface area contributed by atoms with Crippen LogP contribution in [-0.2, 0) is 9.59 Å². The highest BCUT2D eigenvalue weighted by Gasteiger charge is 2.47. The molecule has 12 heteroatoms. The summed E-state index contributed by atoms with van der Waals surface area (Å²) in [4.78, 5) is 41.7. The highest BCUT2D eigenvalue weighted by Crippen LogP contribution is 2.39. The number of halogens is 2. The predicted octanol–water partition coefficient (Wildman–Crippen LogP) is 5.60. The van der Waals surface area contributed by atoms with E-state index in [1.807, 2.05) is 47.4 Å². The molecule has 2 aromatic heterocycles. The van der Waals surface area contributed by atoms with Crippen molar-refractivity contribution < 1.29 is 18.4 Å². The molecular weight excluding hydrogens is 626 g/mol. The molecule has 2 N–H and O–H groups in total. The van der Waals surface area contributed by atoms with Gasteiger partial charge in [0.05, 0.1) is 35.6 Å². The zero-order valence-corrected chi connectivity index (χ0v) is 27.5. The van der Waals surface area contributed by atoms with Gasteiger partial charge in [0, 0.05) is 60.6 Å². The molecule has 1 unspecified atom stereocenters. The van der Waals surface area contributed by atoms with E-state index in [2.05, 4.69) is 49.1 Å². The van der Waals surface area contributed by atoms with Crippen LogP contribution in [0.3, 0.4) is 0 Å². The molecular formula is C37H38F2N8O2. The van der Waals surface area contributed by atoms with Crippen LogP contribution in [0.5, 0.6) is 0 Å². The first-order valence-electron chi connectivity index (χ1n) is 16.6. The molecule has 10 nitrogen and oxygen atoms in total. The van der Waals surface area contributed by atoms with Crippen molar-refractivity contribution in [3.8, 4) is 22.6 Å². The summed E-state index contributed by atoms with van der Waals surface area (Å²) in [6.45, 7) is 8.21. The van der Waals surface area contributed by atoms with Gasteiger partial charge in [-0.1, -0.05) is 13.8 Å². The third-order valence-electron chi connectivity index (χ3n) is 9.98. The molecule has 4 heterocycles. The maximum absolute atomic E-state index is 13.9. The molecule has 1 atom stereocenters. The summed E-state index contributed by atoms with van der Waals surface area (Å²) in [5.41, 5.74) is 4.15. The predicted molar refractivity (Wildman–Crippen MR) is 185 cm³/mol. The van der Waals surface area contributed by atoms with Gasteiger partial charge in [-0.25, -0.2) is 18.7 Å². The molecule has 2 aliphatic rings. The van der Waals surface area contributed by atoms with Crippen molar-refractivity contribution in [3.63, 3.8) is 0 Å². The van der Waals surface area contributed by atoms with Gasteiger partial charge in [-0.3, -0.25) is 19.6 Å². The normalized spacial score (nSPS) is 18.4. The molecule has 2 aliphatic heterocycles. The smallest absolute Gasteiger partial charge is 0.236 e. The average molecular weight is 665 g/mol. The first kappa shape index (κ1) is 32.3. The van der Waals surface area contributed by atoms with E-state index in [1.165, 1.54) is 12.1 Å². The second kappa shape index (κ2) is 13.3. The molecule has 0 spiro atoms. The lowest BCUT2D eigenvalue weighted by Crippen LogP contribution is -2.51. The zero-order chi connectivity index (χ0) is 34.1. The van der Waals surface area contributed by atoms with Crippen LogP contribution in [0.4, 0.5) is 20.2 Å². The standard InChI is InChI=1S/C37H38F2N8O2/c1-24(2)37(36(49)42-29-9-12-32-31(19-29)34(44-43-32)25-3-7-27(38)8-4-25)13-14-45(23-37)22-33(48)47-17-15-46(16-18-47)30-10-5-26(6-11-30)35-40-20-28(39)21-41-35/h3-12,19-21,24H,13-18,22-23H2,1-2H3,(H,42,49)(H,43,44). The summed E-state index contributed by atoms with van der Waals surface area (Å²) in [5.74, 6) is -0.246. The fraction of sp³-hybridized carbons (Fsp3) is 0.324.